The van der Waals surface area contributed by atoms with Gasteiger partial charge in [-0.2, -0.15) is 0 Å². The number of ether oxygens (including phenoxy) is 2. The first kappa shape index (κ1) is 17.6. The number of aliphatic carboxylic acids is 1. The summed E-state index contributed by atoms with van der Waals surface area (Å²) in [5, 5.41) is 9.59. The Labute approximate surface area is 142 Å². The van der Waals surface area contributed by atoms with Gasteiger partial charge in [-0.15, -0.1) is 0 Å². The Morgan fingerprint density at radius 3 is 2.33 bits per heavy atom. The van der Waals surface area contributed by atoms with Gasteiger partial charge >= 0.3 is 5.97 Å². The predicted octanol–water partition coefficient (Wildman–Crippen LogP) is 4.42. The molecule has 0 aromatic heterocycles. The van der Waals surface area contributed by atoms with E-state index < -0.39 is 5.97 Å². The topological polar surface area (TPSA) is 55.8 Å². The Morgan fingerprint density at radius 1 is 1.12 bits per heavy atom. The third kappa shape index (κ3) is 4.38. The van der Waals surface area contributed by atoms with Crippen molar-refractivity contribution in [2.45, 2.75) is 20.3 Å². The van der Waals surface area contributed by atoms with Crippen LogP contribution >= 0.6 is 0 Å². The molecule has 0 bridgehead atoms. The molecule has 0 saturated heterocycles. The lowest BCUT2D eigenvalue weighted by molar-refractivity contribution is -0.130. The van der Waals surface area contributed by atoms with Gasteiger partial charge in [0.2, 0.25) is 0 Å². The average molecular weight is 326 g/mol. The minimum absolute atomic E-state index is 0.248. The number of carboxylic acids is 1. The molecule has 2 aromatic carbocycles. The van der Waals surface area contributed by atoms with Crippen LogP contribution in [0.3, 0.4) is 0 Å². The van der Waals surface area contributed by atoms with Gasteiger partial charge in [0.25, 0.3) is 0 Å². The van der Waals surface area contributed by atoms with Crippen molar-refractivity contribution >= 4 is 17.6 Å². The molecule has 1 N–H and O–H groups in total. The molecule has 0 aliphatic heterocycles. The van der Waals surface area contributed by atoms with Crippen LogP contribution in [0.1, 0.15) is 30.0 Å². The number of aryl methyl sites for hydroxylation is 1. The van der Waals surface area contributed by atoms with Crippen molar-refractivity contribution in [3.63, 3.8) is 0 Å². The highest BCUT2D eigenvalue weighted by Gasteiger charge is 2.13. The van der Waals surface area contributed by atoms with Gasteiger partial charge < -0.3 is 14.6 Å². The Bertz CT molecular complexity index is 730. The normalized spacial score (nSPS) is 11.2. The van der Waals surface area contributed by atoms with Crippen LogP contribution in [-0.2, 0) is 4.79 Å². The number of rotatable bonds is 7. The minimum Gasteiger partial charge on any atom is -0.497 e. The summed E-state index contributed by atoms with van der Waals surface area (Å²) >= 11 is 0. The third-order valence-corrected chi connectivity index (χ3v) is 3.62. The fraction of sp³-hybridized carbons (Fsp3) is 0.250. The van der Waals surface area contributed by atoms with Crippen LogP contribution in [0.15, 0.2) is 42.5 Å². The molecule has 2 rings (SSSR count). The van der Waals surface area contributed by atoms with Crippen LogP contribution in [0.4, 0.5) is 0 Å². The van der Waals surface area contributed by atoms with Crippen LogP contribution in [0, 0.1) is 6.92 Å². The van der Waals surface area contributed by atoms with Gasteiger partial charge in [-0.1, -0.05) is 25.1 Å². The average Bonchev–Trinajstić information content (AvgIpc) is 2.59. The van der Waals surface area contributed by atoms with Crippen molar-refractivity contribution < 1.29 is 19.4 Å². The van der Waals surface area contributed by atoms with E-state index >= 15 is 0 Å². The molecule has 0 fully saturated rings. The monoisotopic (exact) mass is 326 g/mol. The first-order valence-electron chi connectivity index (χ1n) is 7.88. The van der Waals surface area contributed by atoms with Crippen molar-refractivity contribution in [1.29, 1.82) is 0 Å². The van der Waals surface area contributed by atoms with E-state index in [4.69, 9.17) is 9.47 Å². The number of hydrogen-bond donors (Lipinski definition) is 1. The number of hydrogen-bond acceptors (Lipinski definition) is 3. The minimum atomic E-state index is -0.963. The first-order valence-corrected chi connectivity index (χ1v) is 7.88. The zero-order valence-corrected chi connectivity index (χ0v) is 14.2. The first-order chi connectivity index (χ1) is 11.5. The van der Waals surface area contributed by atoms with Crippen molar-refractivity contribution in [3.05, 3.63) is 59.2 Å². The summed E-state index contributed by atoms with van der Waals surface area (Å²) in [5.41, 5.74) is 2.59. The van der Waals surface area contributed by atoms with Gasteiger partial charge in [0.1, 0.15) is 11.5 Å². The van der Waals surface area contributed by atoms with Crippen molar-refractivity contribution in [2.24, 2.45) is 0 Å². The molecule has 126 valence electrons. The largest absolute Gasteiger partial charge is 0.497 e. The summed E-state index contributed by atoms with van der Waals surface area (Å²) in [6.07, 6.45) is 2.61. The van der Waals surface area contributed by atoms with Crippen LogP contribution in [0.25, 0.3) is 11.6 Å². The SMILES string of the molecule is CCCOc1ccc(/C=C(\C(=O)O)c2ccc(OC)cc2C)cc1. The summed E-state index contributed by atoms with van der Waals surface area (Å²) in [6.45, 7) is 4.59. The summed E-state index contributed by atoms with van der Waals surface area (Å²) in [7, 11) is 1.59. The summed E-state index contributed by atoms with van der Waals surface area (Å²) in [5.74, 6) is 0.527. The van der Waals surface area contributed by atoms with Crippen LogP contribution < -0.4 is 9.47 Å². The lowest BCUT2D eigenvalue weighted by atomic mass is 9.98. The zero-order valence-electron chi connectivity index (χ0n) is 14.2. The lowest BCUT2D eigenvalue weighted by Gasteiger charge is -2.09. The second-order valence-corrected chi connectivity index (χ2v) is 5.46. The van der Waals surface area contributed by atoms with Gasteiger partial charge in [0.15, 0.2) is 0 Å². The molecule has 0 unspecified atom stereocenters. The van der Waals surface area contributed by atoms with Gasteiger partial charge in [-0.05, 0) is 60.4 Å². The summed E-state index contributed by atoms with van der Waals surface area (Å²) in [4.78, 5) is 11.7. The molecule has 0 spiro atoms. The van der Waals surface area contributed by atoms with Crippen molar-refractivity contribution in [3.8, 4) is 11.5 Å². The number of methoxy groups -OCH3 is 1. The zero-order chi connectivity index (χ0) is 17.5. The second kappa shape index (κ2) is 8.20. The van der Waals surface area contributed by atoms with Gasteiger partial charge in [-0.3, -0.25) is 0 Å². The lowest BCUT2D eigenvalue weighted by Crippen LogP contribution is -2.02. The maximum atomic E-state index is 11.7. The Balaban J connectivity index is 2.33. The van der Waals surface area contributed by atoms with Crippen LogP contribution in [-0.4, -0.2) is 24.8 Å². The van der Waals surface area contributed by atoms with E-state index in [1.54, 1.807) is 25.3 Å². The van der Waals surface area contributed by atoms with Crippen molar-refractivity contribution in [1.82, 2.24) is 0 Å². The molecule has 0 atom stereocenters. The standard InChI is InChI=1S/C20H22O4/c1-4-11-24-16-7-5-15(6-8-16)13-19(20(21)22)18-10-9-17(23-3)12-14(18)2/h5-10,12-13H,4,11H2,1-3H3,(H,21,22)/b19-13-. The maximum Gasteiger partial charge on any atom is 0.336 e. The molecule has 0 amide bonds. The highest BCUT2D eigenvalue weighted by molar-refractivity contribution is 6.21. The van der Waals surface area contributed by atoms with Crippen LogP contribution in [0.5, 0.6) is 11.5 Å². The van der Waals surface area contributed by atoms with E-state index in [9.17, 15) is 9.90 Å². The molecule has 4 nitrogen and oxygen atoms in total. The van der Waals surface area contributed by atoms with Crippen molar-refractivity contribution in [2.75, 3.05) is 13.7 Å². The molecule has 2 aromatic rings. The molecule has 0 radical (unpaired) electrons. The molecule has 24 heavy (non-hydrogen) atoms. The second-order valence-electron chi connectivity index (χ2n) is 5.46. The summed E-state index contributed by atoms with van der Waals surface area (Å²) in [6, 6.07) is 12.8. The van der Waals surface area contributed by atoms with E-state index in [1.807, 2.05) is 44.2 Å². The molecule has 0 aliphatic carbocycles. The number of carbonyl (C=O) groups is 1. The Morgan fingerprint density at radius 2 is 1.79 bits per heavy atom. The molecular formula is C20H22O4. The molecule has 4 heteroatoms. The predicted molar refractivity (Wildman–Crippen MR) is 95.5 cm³/mol. The molecular weight excluding hydrogens is 304 g/mol. The quantitative estimate of drug-likeness (QED) is 0.604. The van der Waals surface area contributed by atoms with Gasteiger partial charge in [-0.25, -0.2) is 4.79 Å². The van der Waals surface area contributed by atoms with Crippen LogP contribution in [0.2, 0.25) is 0 Å². The molecule has 0 heterocycles. The summed E-state index contributed by atoms with van der Waals surface area (Å²) < 4.78 is 10.7. The Hall–Kier alpha value is -2.75. The fourth-order valence-corrected chi connectivity index (χ4v) is 2.37. The Kier molecular flexibility index (Phi) is 6.01. The van der Waals surface area contributed by atoms with Gasteiger partial charge in [0, 0.05) is 0 Å². The highest BCUT2D eigenvalue weighted by atomic mass is 16.5. The highest BCUT2D eigenvalue weighted by Crippen LogP contribution is 2.26. The smallest absolute Gasteiger partial charge is 0.336 e. The van der Waals surface area contributed by atoms with E-state index in [0.29, 0.717) is 17.9 Å². The van der Waals surface area contributed by atoms with E-state index in [2.05, 4.69) is 0 Å². The van der Waals surface area contributed by atoms with Gasteiger partial charge in [0.05, 0.1) is 19.3 Å². The van der Waals surface area contributed by atoms with E-state index in [1.165, 1.54) is 0 Å². The van der Waals surface area contributed by atoms with E-state index in [-0.39, 0.29) is 5.57 Å². The maximum absolute atomic E-state index is 11.7. The molecule has 0 saturated carbocycles. The number of carboxylic acid groups (broad SMARTS) is 1. The van der Waals surface area contributed by atoms with E-state index in [0.717, 1.165) is 23.3 Å². The number of benzene rings is 2. The third-order valence-electron chi connectivity index (χ3n) is 3.62. The molecule has 0 aliphatic rings. The fourth-order valence-electron chi connectivity index (χ4n) is 2.37.